The third kappa shape index (κ3) is 2.73. The van der Waals surface area contributed by atoms with Crippen LogP contribution in [0.15, 0.2) is 59.2 Å². The van der Waals surface area contributed by atoms with Crippen LogP contribution in [0.3, 0.4) is 0 Å². The van der Waals surface area contributed by atoms with Crippen molar-refractivity contribution >= 4 is 62.6 Å². The zero-order valence-corrected chi connectivity index (χ0v) is 14.5. The molecule has 0 radical (unpaired) electrons. The first kappa shape index (κ1) is 15.4. The van der Waals surface area contributed by atoms with Crippen LogP contribution >= 0.6 is 34.5 Å². The molecule has 118 valence electrons. The van der Waals surface area contributed by atoms with Crippen LogP contribution < -0.4 is 0 Å². The fraction of sp³-hybridized carbons (Fsp3) is 0. The van der Waals surface area contributed by atoms with E-state index in [0.29, 0.717) is 14.9 Å². The van der Waals surface area contributed by atoms with E-state index in [4.69, 9.17) is 27.9 Å². The molecule has 2 heterocycles. The number of esters is 1. The highest BCUT2D eigenvalue weighted by molar-refractivity contribution is 7.21. The summed E-state index contributed by atoms with van der Waals surface area (Å²) < 4.78 is 6.33. The largest absolute Gasteiger partial charge is 0.401 e. The lowest BCUT2D eigenvalue weighted by Crippen LogP contribution is -2.04. The number of aliphatic imine (C=N–C) groups is 1. The van der Waals surface area contributed by atoms with Gasteiger partial charge in [-0.1, -0.05) is 53.5 Å². The van der Waals surface area contributed by atoms with Crippen molar-refractivity contribution in [3.63, 3.8) is 0 Å². The average molecular weight is 374 g/mol. The van der Waals surface area contributed by atoms with Gasteiger partial charge in [0, 0.05) is 15.1 Å². The number of hydrogen-bond acceptors (Lipinski definition) is 4. The number of carbonyl (C=O) groups is 1. The monoisotopic (exact) mass is 373 g/mol. The summed E-state index contributed by atoms with van der Waals surface area (Å²) in [5.41, 5.74) is 1.06. The van der Waals surface area contributed by atoms with Crippen LogP contribution in [0.1, 0.15) is 10.4 Å². The van der Waals surface area contributed by atoms with Gasteiger partial charge in [-0.05, 0) is 29.8 Å². The highest BCUT2D eigenvalue weighted by atomic mass is 35.5. The van der Waals surface area contributed by atoms with E-state index in [1.165, 1.54) is 11.3 Å². The van der Waals surface area contributed by atoms with Gasteiger partial charge in [-0.2, -0.15) is 0 Å². The van der Waals surface area contributed by atoms with Crippen molar-refractivity contribution in [1.82, 2.24) is 0 Å². The fourth-order valence-electron chi connectivity index (χ4n) is 2.37. The highest BCUT2D eigenvalue weighted by Gasteiger charge is 2.27. The summed E-state index contributed by atoms with van der Waals surface area (Å²) >= 11 is 13.7. The smallest absolute Gasteiger partial charge is 0.363 e. The molecule has 0 fully saturated rings. The summed E-state index contributed by atoms with van der Waals surface area (Å²) in [5.74, 6) is -0.250. The van der Waals surface area contributed by atoms with E-state index < -0.39 is 5.97 Å². The van der Waals surface area contributed by atoms with Crippen molar-refractivity contribution in [3.8, 4) is 0 Å². The summed E-state index contributed by atoms with van der Waals surface area (Å²) in [7, 11) is 0. The predicted molar refractivity (Wildman–Crippen MR) is 98.9 cm³/mol. The van der Waals surface area contributed by atoms with Crippen LogP contribution in [-0.4, -0.2) is 11.9 Å². The molecule has 0 saturated heterocycles. The molecule has 0 spiro atoms. The summed E-state index contributed by atoms with van der Waals surface area (Å²) in [5, 5.41) is 2.11. The molecule has 0 bridgehead atoms. The second-order valence-corrected chi connectivity index (χ2v) is 7.00. The number of hydrogen-bond donors (Lipinski definition) is 0. The van der Waals surface area contributed by atoms with E-state index in [0.717, 1.165) is 15.6 Å². The Bertz CT molecular complexity index is 1020. The Balaban J connectivity index is 1.75. The molecular weight excluding hydrogens is 365 g/mol. The molecule has 1 aliphatic heterocycles. The third-order valence-corrected chi connectivity index (χ3v) is 5.44. The van der Waals surface area contributed by atoms with E-state index in [-0.39, 0.29) is 11.6 Å². The Morgan fingerprint density at radius 1 is 1.04 bits per heavy atom. The van der Waals surface area contributed by atoms with E-state index in [2.05, 4.69) is 4.99 Å². The molecule has 0 unspecified atom stereocenters. The van der Waals surface area contributed by atoms with Gasteiger partial charge >= 0.3 is 5.97 Å². The normalized spacial score (nSPS) is 15.8. The van der Waals surface area contributed by atoms with Gasteiger partial charge in [-0.15, -0.1) is 11.3 Å². The first-order valence-corrected chi connectivity index (χ1v) is 8.64. The van der Waals surface area contributed by atoms with Gasteiger partial charge in [0.15, 0.2) is 5.70 Å². The molecule has 0 N–H and O–H groups in total. The van der Waals surface area contributed by atoms with Crippen molar-refractivity contribution in [1.29, 1.82) is 0 Å². The van der Waals surface area contributed by atoms with E-state index >= 15 is 0 Å². The summed E-state index contributed by atoms with van der Waals surface area (Å²) in [6.07, 6.45) is 1.66. The minimum absolute atomic E-state index is 0.237. The van der Waals surface area contributed by atoms with Gasteiger partial charge in [0.1, 0.15) is 4.88 Å². The molecule has 0 atom stereocenters. The molecule has 4 rings (SSSR count). The van der Waals surface area contributed by atoms with Crippen molar-refractivity contribution in [2.24, 2.45) is 4.99 Å². The Morgan fingerprint density at radius 3 is 2.54 bits per heavy atom. The first-order valence-electron chi connectivity index (χ1n) is 7.07. The molecule has 3 aromatic rings. The summed E-state index contributed by atoms with van der Waals surface area (Å²) in [6, 6.07) is 14.9. The Kier molecular flexibility index (Phi) is 3.88. The number of thiophene rings is 1. The molecule has 0 saturated carbocycles. The quantitative estimate of drug-likeness (QED) is 0.436. The number of rotatable bonds is 2. The predicted octanol–water partition coefficient (Wildman–Crippen LogP) is 5.55. The Morgan fingerprint density at radius 2 is 1.79 bits per heavy atom. The lowest BCUT2D eigenvalue weighted by atomic mass is 10.2. The van der Waals surface area contributed by atoms with Crippen LogP contribution in [0, 0.1) is 0 Å². The van der Waals surface area contributed by atoms with Crippen molar-refractivity contribution in [3.05, 3.63) is 74.7 Å². The van der Waals surface area contributed by atoms with E-state index in [9.17, 15) is 4.79 Å². The maximum absolute atomic E-state index is 12.1. The number of nitrogens with zero attached hydrogens (tertiary/aromatic N) is 1. The number of halogens is 2. The maximum Gasteiger partial charge on any atom is 0.363 e. The zero-order valence-electron chi connectivity index (χ0n) is 12.1. The van der Waals surface area contributed by atoms with Gasteiger partial charge in [-0.25, -0.2) is 9.79 Å². The molecule has 1 aliphatic rings. The number of carbonyl (C=O) groups excluding carboxylic acids is 1. The number of benzene rings is 2. The van der Waals surface area contributed by atoms with Gasteiger partial charge in [0.05, 0.1) is 5.02 Å². The summed E-state index contributed by atoms with van der Waals surface area (Å²) in [6.45, 7) is 0. The van der Waals surface area contributed by atoms with Gasteiger partial charge in [0.2, 0.25) is 5.90 Å². The van der Waals surface area contributed by atoms with Crippen molar-refractivity contribution < 1.29 is 9.53 Å². The van der Waals surface area contributed by atoms with E-state index in [1.54, 1.807) is 18.2 Å². The molecule has 0 aliphatic carbocycles. The third-order valence-electron chi connectivity index (χ3n) is 3.52. The maximum atomic E-state index is 12.1. The van der Waals surface area contributed by atoms with Crippen LogP contribution in [0.5, 0.6) is 0 Å². The number of fused-ring (bicyclic) bond motifs is 1. The SMILES string of the molecule is O=C1OC(c2sc3ccccc3c2Cl)=NC1=Cc1ccc(Cl)cc1. The minimum Gasteiger partial charge on any atom is -0.401 e. The average Bonchev–Trinajstić information content (AvgIpc) is 3.11. The van der Waals surface area contributed by atoms with Crippen LogP contribution in [0.25, 0.3) is 16.2 Å². The second-order valence-electron chi connectivity index (χ2n) is 5.13. The van der Waals surface area contributed by atoms with Crippen LogP contribution in [0.2, 0.25) is 10.0 Å². The van der Waals surface area contributed by atoms with Crippen LogP contribution in [0.4, 0.5) is 0 Å². The zero-order chi connectivity index (χ0) is 16.7. The Labute approximate surface area is 151 Å². The van der Waals surface area contributed by atoms with Gasteiger partial charge < -0.3 is 4.74 Å². The van der Waals surface area contributed by atoms with Crippen molar-refractivity contribution in [2.45, 2.75) is 0 Å². The number of cyclic esters (lactones) is 1. The fourth-order valence-corrected chi connectivity index (χ4v) is 3.94. The standard InChI is InChI=1S/C18H9Cl2NO2S/c19-11-7-5-10(6-8-11)9-13-18(22)23-17(21-13)16-15(20)12-3-1-2-4-14(12)24-16/h1-9H. The lowest BCUT2D eigenvalue weighted by Gasteiger charge is -1.95. The van der Waals surface area contributed by atoms with Crippen molar-refractivity contribution in [2.75, 3.05) is 0 Å². The van der Waals surface area contributed by atoms with Gasteiger partial charge in [0.25, 0.3) is 0 Å². The molecule has 6 heteroatoms. The topological polar surface area (TPSA) is 38.7 Å². The molecule has 1 aromatic heterocycles. The lowest BCUT2D eigenvalue weighted by molar-refractivity contribution is -0.129. The molecule has 3 nitrogen and oxygen atoms in total. The summed E-state index contributed by atoms with van der Waals surface area (Å²) in [4.78, 5) is 17.1. The minimum atomic E-state index is -0.492. The Hall–Kier alpha value is -2.14. The van der Waals surface area contributed by atoms with Gasteiger partial charge in [-0.3, -0.25) is 0 Å². The van der Waals surface area contributed by atoms with Crippen LogP contribution in [-0.2, 0) is 9.53 Å². The molecule has 2 aromatic carbocycles. The molecular formula is C18H9Cl2NO2S. The molecule has 24 heavy (non-hydrogen) atoms. The van der Waals surface area contributed by atoms with E-state index in [1.807, 2.05) is 36.4 Å². The first-order chi connectivity index (χ1) is 11.6. The number of ether oxygens (including phenoxy) is 1. The second kappa shape index (κ2) is 6.06. The highest BCUT2D eigenvalue weighted by Crippen LogP contribution is 2.37. The molecule has 0 amide bonds.